The summed E-state index contributed by atoms with van der Waals surface area (Å²) in [5.41, 5.74) is 0.666. The Bertz CT molecular complexity index is 513. The van der Waals surface area contributed by atoms with Crippen LogP contribution in [0.3, 0.4) is 0 Å². The molecule has 0 aliphatic carbocycles. The fourth-order valence-corrected chi connectivity index (χ4v) is 4.53. The Morgan fingerprint density at radius 1 is 1.39 bits per heavy atom. The smallest absolute Gasteiger partial charge is 0.245 e. The van der Waals surface area contributed by atoms with Gasteiger partial charge in [-0.15, -0.1) is 0 Å². The van der Waals surface area contributed by atoms with Crippen molar-refractivity contribution in [3.8, 4) is 0 Å². The van der Waals surface area contributed by atoms with Crippen LogP contribution in [0.15, 0.2) is 29.2 Å². The molecule has 1 aromatic rings. The van der Waals surface area contributed by atoms with Gasteiger partial charge in [-0.3, -0.25) is 0 Å². The molecule has 4 nitrogen and oxygen atoms in total. The SMILES string of the molecule is CCC1CCCN1S(=O)(=O)c1ccccc1NC. The van der Waals surface area contributed by atoms with Crippen molar-refractivity contribution >= 4 is 15.7 Å². The van der Waals surface area contributed by atoms with Crippen LogP contribution < -0.4 is 5.32 Å². The second kappa shape index (κ2) is 5.28. The summed E-state index contributed by atoms with van der Waals surface area (Å²) in [4.78, 5) is 0.382. The van der Waals surface area contributed by atoms with Gasteiger partial charge < -0.3 is 5.32 Å². The minimum atomic E-state index is -3.37. The number of nitrogens with one attached hydrogen (secondary N) is 1. The fourth-order valence-electron chi connectivity index (χ4n) is 2.56. The molecule has 1 fully saturated rings. The number of rotatable bonds is 4. The van der Waals surface area contributed by atoms with E-state index in [1.807, 2.05) is 13.0 Å². The zero-order chi connectivity index (χ0) is 13.2. The number of sulfonamides is 1. The second-order valence-corrected chi connectivity index (χ2v) is 6.43. The molecule has 1 atom stereocenters. The monoisotopic (exact) mass is 268 g/mol. The van der Waals surface area contributed by atoms with E-state index >= 15 is 0 Å². The summed E-state index contributed by atoms with van der Waals surface area (Å²) in [6.45, 7) is 2.68. The van der Waals surface area contributed by atoms with Crippen LogP contribution in [0.2, 0.25) is 0 Å². The van der Waals surface area contributed by atoms with Crippen molar-refractivity contribution in [3.05, 3.63) is 24.3 Å². The van der Waals surface area contributed by atoms with Crippen molar-refractivity contribution in [3.63, 3.8) is 0 Å². The standard InChI is InChI=1S/C13H20N2O2S/c1-3-11-7-6-10-15(11)18(16,17)13-9-5-4-8-12(13)14-2/h4-5,8-9,11,14H,3,6-7,10H2,1-2H3. The van der Waals surface area contributed by atoms with Crippen molar-refractivity contribution < 1.29 is 8.42 Å². The van der Waals surface area contributed by atoms with Crippen LogP contribution in [-0.2, 0) is 10.0 Å². The molecular weight excluding hydrogens is 248 g/mol. The number of hydrogen-bond donors (Lipinski definition) is 1. The molecule has 1 aliphatic heterocycles. The van der Waals surface area contributed by atoms with E-state index in [1.54, 1.807) is 29.6 Å². The maximum Gasteiger partial charge on any atom is 0.245 e. The third-order valence-electron chi connectivity index (χ3n) is 3.54. The Hall–Kier alpha value is -1.07. The highest BCUT2D eigenvalue weighted by Gasteiger charge is 2.35. The number of nitrogens with zero attached hydrogens (tertiary/aromatic N) is 1. The molecule has 1 N–H and O–H groups in total. The topological polar surface area (TPSA) is 49.4 Å². The molecule has 2 rings (SSSR count). The normalized spacial score (nSPS) is 21.1. The van der Waals surface area contributed by atoms with Crippen LogP contribution in [0.5, 0.6) is 0 Å². The Balaban J connectivity index is 2.42. The molecule has 100 valence electrons. The summed E-state index contributed by atoms with van der Waals surface area (Å²) < 4.78 is 27.0. The Labute approximate surface area is 109 Å². The van der Waals surface area contributed by atoms with Crippen molar-refractivity contribution in [1.29, 1.82) is 0 Å². The number of hydrogen-bond acceptors (Lipinski definition) is 3. The van der Waals surface area contributed by atoms with E-state index in [0.29, 0.717) is 17.1 Å². The first-order chi connectivity index (χ1) is 8.61. The molecule has 0 aromatic heterocycles. The number of para-hydroxylation sites is 1. The first-order valence-corrected chi connectivity index (χ1v) is 7.84. The zero-order valence-corrected chi connectivity index (χ0v) is 11.7. The summed E-state index contributed by atoms with van der Waals surface area (Å²) in [6, 6.07) is 7.23. The molecule has 1 aliphatic rings. The molecule has 18 heavy (non-hydrogen) atoms. The van der Waals surface area contributed by atoms with Gasteiger partial charge in [-0.05, 0) is 31.4 Å². The molecule has 1 aromatic carbocycles. The molecule has 1 saturated heterocycles. The molecule has 1 heterocycles. The maximum absolute atomic E-state index is 12.7. The first-order valence-electron chi connectivity index (χ1n) is 6.40. The van der Waals surface area contributed by atoms with Gasteiger partial charge in [-0.25, -0.2) is 8.42 Å². The van der Waals surface area contributed by atoms with Gasteiger partial charge in [0.2, 0.25) is 10.0 Å². The lowest BCUT2D eigenvalue weighted by atomic mass is 10.2. The molecule has 0 radical (unpaired) electrons. The fraction of sp³-hybridized carbons (Fsp3) is 0.538. The number of benzene rings is 1. The predicted molar refractivity (Wildman–Crippen MR) is 73.2 cm³/mol. The average Bonchev–Trinajstić information content (AvgIpc) is 2.87. The van der Waals surface area contributed by atoms with Gasteiger partial charge >= 0.3 is 0 Å². The Kier molecular flexibility index (Phi) is 3.92. The molecule has 5 heteroatoms. The molecule has 0 amide bonds. The zero-order valence-electron chi connectivity index (χ0n) is 10.9. The summed E-state index contributed by atoms with van der Waals surface area (Å²) in [5.74, 6) is 0. The van der Waals surface area contributed by atoms with E-state index in [2.05, 4.69) is 5.32 Å². The van der Waals surface area contributed by atoms with Crippen molar-refractivity contribution in [2.45, 2.75) is 37.1 Å². The molecule has 0 bridgehead atoms. The summed E-state index contributed by atoms with van der Waals surface area (Å²) in [7, 11) is -1.63. The third-order valence-corrected chi connectivity index (χ3v) is 5.55. The van der Waals surface area contributed by atoms with Gasteiger partial charge in [0.15, 0.2) is 0 Å². The van der Waals surface area contributed by atoms with Crippen LogP contribution >= 0.6 is 0 Å². The van der Waals surface area contributed by atoms with E-state index in [-0.39, 0.29) is 6.04 Å². The van der Waals surface area contributed by atoms with Crippen molar-refractivity contribution in [1.82, 2.24) is 4.31 Å². The number of anilines is 1. The quantitative estimate of drug-likeness (QED) is 0.911. The highest BCUT2D eigenvalue weighted by molar-refractivity contribution is 7.89. The average molecular weight is 268 g/mol. The Morgan fingerprint density at radius 3 is 2.78 bits per heavy atom. The van der Waals surface area contributed by atoms with Crippen LogP contribution in [0.4, 0.5) is 5.69 Å². The van der Waals surface area contributed by atoms with Crippen molar-refractivity contribution in [2.75, 3.05) is 18.9 Å². The highest BCUT2D eigenvalue weighted by Crippen LogP contribution is 2.30. The lowest BCUT2D eigenvalue weighted by molar-refractivity contribution is 0.380. The van der Waals surface area contributed by atoms with Gasteiger partial charge in [0.05, 0.1) is 5.69 Å². The molecule has 1 unspecified atom stereocenters. The summed E-state index contributed by atoms with van der Waals surface area (Å²) >= 11 is 0. The van der Waals surface area contributed by atoms with E-state index in [1.165, 1.54) is 0 Å². The van der Waals surface area contributed by atoms with Gasteiger partial charge in [0.25, 0.3) is 0 Å². The van der Waals surface area contributed by atoms with Crippen LogP contribution in [0.1, 0.15) is 26.2 Å². The minimum absolute atomic E-state index is 0.153. The molecule has 0 spiro atoms. The lowest BCUT2D eigenvalue weighted by Gasteiger charge is -2.24. The van der Waals surface area contributed by atoms with E-state index in [4.69, 9.17) is 0 Å². The summed E-state index contributed by atoms with van der Waals surface area (Å²) in [6.07, 6.45) is 2.80. The highest BCUT2D eigenvalue weighted by atomic mass is 32.2. The maximum atomic E-state index is 12.7. The van der Waals surface area contributed by atoms with E-state index in [9.17, 15) is 8.42 Å². The third kappa shape index (κ3) is 2.24. The predicted octanol–water partition coefficient (Wildman–Crippen LogP) is 2.29. The first kappa shape index (κ1) is 13.4. The minimum Gasteiger partial charge on any atom is -0.387 e. The van der Waals surface area contributed by atoms with Crippen LogP contribution in [-0.4, -0.2) is 32.4 Å². The van der Waals surface area contributed by atoms with Gasteiger partial charge in [0.1, 0.15) is 4.90 Å². The van der Waals surface area contributed by atoms with Crippen LogP contribution in [0, 0.1) is 0 Å². The molecular formula is C13H20N2O2S. The van der Waals surface area contributed by atoms with Crippen molar-refractivity contribution in [2.24, 2.45) is 0 Å². The molecule has 0 saturated carbocycles. The Morgan fingerprint density at radius 2 is 2.11 bits per heavy atom. The lowest BCUT2D eigenvalue weighted by Crippen LogP contribution is -2.35. The van der Waals surface area contributed by atoms with E-state index in [0.717, 1.165) is 19.3 Å². The van der Waals surface area contributed by atoms with Gasteiger partial charge in [-0.1, -0.05) is 19.1 Å². The van der Waals surface area contributed by atoms with Gasteiger partial charge in [0, 0.05) is 19.6 Å². The van der Waals surface area contributed by atoms with Gasteiger partial charge in [-0.2, -0.15) is 4.31 Å². The van der Waals surface area contributed by atoms with Crippen LogP contribution in [0.25, 0.3) is 0 Å². The second-order valence-electron chi connectivity index (χ2n) is 4.57. The summed E-state index contributed by atoms with van der Waals surface area (Å²) in [5, 5.41) is 2.95. The largest absolute Gasteiger partial charge is 0.387 e. The van der Waals surface area contributed by atoms with E-state index < -0.39 is 10.0 Å².